The molecule has 1 aromatic rings. The molecule has 27 heavy (non-hydrogen) atoms. The van der Waals surface area contributed by atoms with E-state index in [1.165, 1.54) is 29.2 Å². The molecule has 1 atom stereocenters. The number of ketones is 1. The zero-order valence-electron chi connectivity index (χ0n) is 15.5. The second kappa shape index (κ2) is 8.15. The Morgan fingerprint density at radius 2 is 1.85 bits per heavy atom. The summed E-state index contributed by atoms with van der Waals surface area (Å²) in [6.45, 7) is 5.08. The second-order valence-corrected chi connectivity index (χ2v) is 7.17. The van der Waals surface area contributed by atoms with Gasteiger partial charge in [-0.2, -0.15) is 0 Å². The number of hydrogen-bond acceptors (Lipinski definition) is 7. The van der Waals surface area contributed by atoms with E-state index in [9.17, 15) is 24.5 Å². The number of nitro groups is 1. The monoisotopic (exact) mass is 378 g/mol. The summed E-state index contributed by atoms with van der Waals surface area (Å²) in [6.07, 6.45) is 0.475. The normalized spacial score (nSPS) is 16.7. The first kappa shape index (κ1) is 20.3. The molecule has 9 nitrogen and oxygen atoms in total. The van der Waals surface area contributed by atoms with Gasteiger partial charge in [-0.15, -0.1) is 0 Å². The minimum absolute atomic E-state index is 0.137. The van der Waals surface area contributed by atoms with Gasteiger partial charge in [0.05, 0.1) is 4.92 Å². The molecule has 9 heteroatoms. The third-order valence-corrected chi connectivity index (χ3v) is 3.90. The van der Waals surface area contributed by atoms with Crippen LogP contribution in [-0.4, -0.2) is 52.5 Å². The van der Waals surface area contributed by atoms with Crippen molar-refractivity contribution in [2.24, 2.45) is 0 Å². The highest BCUT2D eigenvalue weighted by Crippen LogP contribution is 2.22. The van der Waals surface area contributed by atoms with E-state index >= 15 is 0 Å². The predicted octanol–water partition coefficient (Wildman–Crippen LogP) is 2.72. The average Bonchev–Trinajstić information content (AvgIpc) is 3.08. The SMILES string of the molecule is CC(C)(C)OC(=O)N1CCC[C@H]1C(=O)OCC(=O)c1ccc([N+](=O)[O-])cc1. The van der Waals surface area contributed by atoms with Crippen LogP contribution in [0.5, 0.6) is 0 Å². The van der Waals surface area contributed by atoms with Crippen molar-refractivity contribution in [1.29, 1.82) is 0 Å². The lowest BCUT2D eigenvalue weighted by molar-refractivity contribution is -0.384. The van der Waals surface area contributed by atoms with Gasteiger partial charge in [-0.25, -0.2) is 9.59 Å². The maximum absolute atomic E-state index is 12.3. The van der Waals surface area contributed by atoms with Crippen LogP contribution < -0.4 is 0 Å². The molecule has 0 saturated carbocycles. The van der Waals surface area contributed by atoms with Crippen LogP contribution in [0.4, 0.5) is 10.5 Å². The number of amides is 1. The van der Waals surface area contributed by atoms with Crippen molar-refractivity contribution in [3.63, 3.8) is 0 Å². The number of non-ortho nitro benzene ring substituents is 1. The quantitative estimate of drug-likeness (QED) is 0.335. The van der Waals surface area contributed by atoms with E-state index in [-0.39, 0.29) is 11.3 Å². The number of hydrogen-bond donors (Lipinski definition) is 0. The van der Waals surface area contributed by atoms with Gasteiger partial charge in [-0.3, -0.25) is 19.8 Å². The summed E-state index contributed by atoms with van der Waals surface area (Å²) in [4.78, 5) is 47.9. The number of rotatable bonds is 5. The molecule has 0 unspecified atom stereocenters. The highest BCUT2D eigenvalue weighted by atomic mass is 16.6. The largest absolute Gasteiger partial charge is 0.456 e. The molecule has 0 radical (unpaired) electrons. The van der Waals surface area contributed by atoms with Crippen LogP contribution >= 0.6 is 0 Å². The molecule has 1 aromatic carbocycles. The number of ether oxygens (including phenoxy) is 2. The number of likely N-dealkylation sites (tertiary alicyclic amines) is 1. The van der Waals surface area contributed by atoms with Crippen molar-refractivity contribution in [2.45, 2.75) is 45.3 Å². The van der Waals surface area contributed by atoms with Crippen LogP contribution in [-0.2, 0) is 14.3 Å². The fourth-order valence-corrected chi connectivity index (χ4v) is 2.64. The number of carbonyl (C=O) groups excluding carboxylic acids is 3. The van der Waals surface area contributed by atoms with E-state index in [4.69, 9.17) is 9.47 Å². The summed E-state index contributed by atoms with van der Waals surface area (Å²) in [5.74, 6) is -1.16. The molecule has 0 N–H and O–H groups in total. The minimum Gasteiger partial charge on any atom is -0.456 e. The lowest BCUT2D eigenvalue weighted by atomic mass is 10.1. The van der Waals surface area contributed by atoms with Gasteiger partial charge in [-0.05, 0) is 45.7 Å². The molecule has 1 aliphatic heterocycles. The van der Waals surface area contributed by atoms with Crippen LogP contribution in [0.3, 0.4) is 0 Å². The summed E-state index contributed by atoms with van der Waals surface area (Å²) >= 11 is 0. The highest BCUT2D eigenvalue weighted by molar-refractivity contribution is 5.98. The lowest BCUT2D eigenvalue weighted by Crippen LogP contribution is -2.44. The molecule has 1 saturated heterocycles. The second-order valence-electron chi connectivity index (χ2n) is 7.17. The van der Waals surface area contributed by atoms with E-state index in [1.54, 1.807) is 20.8 Å². The molecule has 0 aromatic heterocycles. The maximum atomic E-state index is 12.3. The third kappa shape index (κ3) is 5.50. The van der Waals surface area contributed by atoms with Crippen molar-refractivity contribution >= 4 is 23.5 Å². The number of esters is 1. The van der Waals surface area contributed by atoms with Gasteiger partial charge in [0.2, 0.25) is 0 Å². The number of benzene rings is 1. The summed E-state index contributed by atoms with van der Waals surface area (Å²) in [7, 11) is 0. The minimum atomic E-state index is -0.787. The summed E-state index contributed by atoms with van der Waals surface area (Å²) in [5.41, 5.74) is -0.619. The Morgan fingerprint density at radius 1 is 1.22 bits per heavy atom. The van der Waals surface area contributed by atoms with E-state index < -0.39 is 41.0 Å². The highest BCUT2D eigenvalue weighted by Gasteiger charge is 2.37. The van der Waals surface area contributed by atoms with Crippen molar-refractivity contribution in [1.82, 2.24) is 4.90 Å². The first-order chi connectivity index (χ1) is 12.6. The average molecular weight is 378 g/mol. The smallest absolute Gasteiger partial charge is 0.411 e. The van der Waals surface area contributed by atoms with Crippen molar-refractivity contribution < 1.29 is 28.8 Å². The zero-order valence-corrected chi connectivity index (χ0v) is 15.5. The van der Waals surface area contributed by atoms with Gasteiger partial charge in [0, 0.05) is 24.2 Å². The first-order valence-electron chi connectivity index (χ1n) is 8.52. The molecule has 1 amide bonds. The fraction of sp³-hybridized carbons (Fsp3) is 0.500. The topological polar surface area (TPSA) is 116 Å². The Hall–Kier alpha value is -2.97. The van der Waals surface area contributed by atoms with E-state index in [2.05, 4.69) is 0 Å². The third-order valence-electron chi connectivity index (χ3n) is 3.90. The predicted molar refractivity (Wildman–Crippen MR) is 94.3 cm³/mol. The molecule has 2 rings (SSSR count). The molecule has 146 valence electrons. The molecule has 1 heterocycles. The molecule has 0 spiro atoms. The Kier molecular flexibility index (Phi) is 6.14. The fourth-order valence-electron chi connectivity index (χ4n) is 2.64. The zero-order chi connectivity index (χ0) is 20.2. The standard InChI is InChI=1S/C18H22N2O7/c1-18(2,3)27-17(23)19-10-4-5-14(19)16(22)26-11-15(21)12-6-8-13(9-7-12)20(24)25/h6-9,14H,4-5,10-11H2,1-3H3/t14-/m0/s1. The van der Waals surface area contributed by atoms with Gasteiger partial charge in [0.25, 0.3) is 5.69 Å². The van der Waals surface area contributed by atoms with Gasteiger partial charge < -0.3 is 9.47 Å². The van der Waals surface area contributed by atoms with Crippen molar-refractivity contribution in [2.75, 3.05) is 13.2 Å². The van der Waals surface area contributed by atoms with Gasteiger partial charge in [-0.1, -0.05) is 0 Å². The van der Waals surface area contributed by atoms with E-state index in [0.29, 0.717) is 19.4 Å². The van der Waals surface area contributed by atoms with Crippen LogP contribution in [0.25, 0.3) is 0 Å². The molecule has 1 aliphatic rings. The Morgan fingerprint density at radius 3 is 2.41 bits per heavy atom. The number of nitro benzene ring substituents is 1. The van der Waals surface area contributed by atoms with Crippen LogP contribution in [0.1, 0.15) is 44.0 Å². The Bertz CT molecular complexity index is 737. The first-order valence-corrected chi connectivity index (χ1v) is 8.52. The lowest BCUT2D eigenvalue weighted by Gasteiger charge is -2.27. The summed E-state index contributed by atoms with van der Waals surface area (Å²) < 4.78 is 10.3. The molecule has 1 fully saturated rings. The number of carbonyl (C=O) groups is 3. The van der Waals surface area contributed by atoms with E-state index in [0.717, 1.165) is 0 Å². The summed E-state index contributed by atoms with van der Waals surface area (Å²) in [5, 5.41) is 10.6. The number of nitrogens with zero attached hydrogens (tertiary/aromatic N) is 2. The molecular formula is C18H22N2O7. The number of Topliss-reactive ketones (excluding diaryl/α,β-unsaturated/α-hetero) is 1. The molecule has 0 aliphatic carbocycles. The molecule has 0 bridgehead atoms. The Labute approximate surface area is 156 Å². The van der Waals surface area contributed by atoms with E-state index in [1.807, 2.05) is 0 Å². The van der Waals surface area contributed by atoms with Crippen molar-refractivity contribution in [3.8, 4) is 0 Å². The van der Waals surface area contributed by atoms with Gasteiger partial charge in [0.1, 0.15) is 11.6 Å². The van der Waals surface area contributed by atoms with Crippen LogP contribution in [0, 0.1) is 10.1 Å². The van der Waals surface area contributed by atoms with Crippen molar-refractivity contribution in [3.05, 3.63) is 39.9 Å². The Balaban J connectivity index is 1.93. The maximum Gasteiger partial charge on any atom is 0.411 e. The van der Waals surface area contributed by atoms with Crippen LogP contribution in [0.15, 0.2) is 24.3 Å². The van der Waals surface area contributed by atoms with Gasteiger partial charge in [0.15, 0.2) is 12.4 Å². The van der Waals surface area contributed by atoms with Crippen LogP contribution in [0.2, 0.25) is 0 Å². The molecular weight excluding hydrogens is 356 g/mol. The summed E-state index contributed by atoms with van der Waals surface area (Å²) in [6, 6.07) is 4.23. The van der Waals surface area contributed by atoms with Gasteiger partial charge >= 0.3 is 12.1 Å².